The lowest BCUT2D eigenvalue weighted by molar-refractivity contribution is 0.867. The Bertz CT molecular complexity index is 1750. The molecular formula is C46H42. The summed E-state index contributed by atoms with van der Waals surface area (Å²) in [5.41, 5.74) is 15.0. The van der Waals surface area contributed by atoms with Crippen LogP contribution in [-0.2, 0) is 0 Å². The maximum atomic E-state index is 2.23. The van der Waals surface area contributed by atoms with Crippen LogP contribution in [0.5, 0.6) is 0 Å². The number of benzene rings is 6. The van der Waals surface area contributed by atoms with Crippen LogP contribution in [0.15, 0.2) is 146 Å². The quantitative estimate of drug-likeness (QED) is 0.146. The van der Waals surface area contributed by atoms with Gasteiger partial charge in [0.2, 0.25) is 0 Å². The third-order valence-corrected chi connectivity index (χ3v) is 8.73. The Balaban J connectivity index is 1.04. The zero-order valence-electron chi connectivity index (χ0n) is 27.3. The van der Waals surface area contributed by atoms with Crippen molar-refractivity contribution >= 4 is 24.3 Å². The first-order valence-electron chi connectivity index (χ1n) is 16.4. The van der Waals surface area contributed by atoms with Crippen LogP contribution in [0.2, 0.25) is 0 Å². The van der Waals surface area contributed by atoms with Gasteiger partial charge in [-0.1, -0.05) is 198 Å². The van der Waals surface area contributed by atoms with Crippen molar-refractivity contribution in [3.8, 4) is 33.4 Å². The highest BCUT2D eigenvalue weighted by Gasteiger charge is 2.03. The molecule has 0 amide bonds. The van der Waals surface area contributed by atoms with Crippen LogP contribution >= 0.6 is 0 Å². The van der Waals surface area contributed by atoms with Gasteiger partial charge in [-0.3, -0.25) is 0 Å². The maximum Gasteiger partial charge on any atom is -0.0184 e. The number of rotatable bonds is 9. The molecule has 46 heavy (non-hydrogen) atoms. The fourth-order valence-corrected chi connectivity index (χ4v) is 5.65. The van der Waals surface area contributed by atoms with E-state index in [0.29, 0.717) is 11.8 Å². The molecule has 0 aromatic heterocycles. The van der Waals surface area contributed by atoms with Gasteiger partial charge >= 0.3 is 0 Å². The summed E-state index contributed by atoms with van der Waals surface area (Å²) in [6.45, 7) is 8.92. The van der Waals surface area contributed by atoms with Gasteiger partial charge < -0.3 is 0 Å². The summed E-state index contributed by atoms with van der Waals surface area (Å²) in [5, 5.41) is 0. The third kappa shape index (κ3) is 7.71. The molecule has 0 saturated carbocycles. The molecular weight excluding hydrogens is 553 g/mol. The van der Waals surface area contributed by atoms with Crippen LogP contribution in [0.1, 0.15) is 72.9 Å². The molecule has 0 nitrogen and oxygen atoms in total. The van der Waals surface area contributed by atoms with E-state index in [1.54, 1.807) is 0 Å². The molecule has 0 radical (unpaired) electrons. The van der Waals surface area contributed by atoms with Crippen molar-refractivity contribution in [2.45, 2.75) is 39.5 Å². The minimum atomic E-state index is 0.554. The zero-order chi connectivity index (χ0) is 31.9. The van der Waals surface area contributed by atoms with E-state index in [2.05, 4.69) is 198 Å². The zero-order valence-corrected chi connectivity index (χ0v) is 27.3. The lowest BCUT2D eigenvalue weighted by Crippen LogP contribution is -1.86. The van der Waals surface area contributed by atoms with E-state index < -0.39 is 0 Å². The van der Waals surface area contributed by atoms with Gasteiger partial charge in [-0.05, 0) is 78.6 Å². The van der Waals surface area contributed by atoms with Crippen LogP contribution in [-0.4, -0.2) is 0 Å². The summed E-state index contributed by atoms with van der Waals surface area (Å²) in [5.74, 6) is 1.11. The van der Waals surface area contributed by atoms with Crippen molar-refractivity contribution in [3.63, 3.8) is 0 Å². The monoisotopic (exact) mass is 594 g/mol. The molecule has 6 aromatic carbocycles. The summed E-state index contributed by atoms with van der Waals surface area (Å²) < 4.78 is 0. The fraction of sp³-hybridized carbons (Fsp3) is 0.130. The third-order valence-electron chi connectivity index (χ3n) is 8.73. The number of hydrogen-bond acceptors (Lipinski definition) is 0. The minimum absolute atomic E-state index is 0.554. The highest BCUT2D eigenvalue weighted by molar-refractivity contribution is 5.76. The molecule has 0 aliphatic rings. The Morgan fingerprint density at radius 3 is 0.609 bits per heavy atom. The summed E-state index contributed by atoms with van der Waals surface area (Å²) in [6.07, 6.45) is 8.72. The average Bonchev–Trinajstić information content (AvgIpc) is 3.11. The summed E-state index contributed by atoms with van der Waals surface area (Å²) >= 11 is 0. The van der Waals surface area contributed by atoms with E-state index in [1.807, 2.05) is 0 Å². The standard InChI is InChI=1S/C46H42/c1-33(2)39-25-29-45(30-26-39)43-21-13-37(14-22-43)7-5-35-9-17-41(18-10-35)42-19-11-36(12-20-42)6-8-38-15-23-44(24-16-38)46-31-27-40(28-32-46)34(3)4/h5-34H,1-4H3. The van der Waals surface area contributed by atoms with Crippen LogP contribution in [0.3, 0.4) is 0 Å². The lowest BCUT2D eigenvalue weighted by Gasteiger charge is -2.07. The minimum Gasteiger partial charge on any atom is -0.0587 e. The van der Waals surface area contributed by atoms with Gasteiger partial charge in [0, 0.05) is 0 Å². The van der Waals surface area contributed by atoms with Gasteiger partial charge in [0.15, 0.2) is 0 Å². The first kappa shape index (κ1) is 30.8. The molecule has 0 fully saturated rings. The predicted molar refractivity (Wildman–Crippen MR) is 202 cm³/mol. The van der Waals surface area contributed by atoms with Gasteiger partial charge in [-0.25, -0.2) is 0 Å². The highest BCUT2D eigenvalue weighted by atomic mass is 14.1. The first-order valence-corrected chi connectivity index (χ1v) is 16.4. The molecule has 6 rings (SSSR count). The van der Waals surface area contributed by atoms with Crippen molar-refractivity contribution in [1.29, 1.82) is 0 Å². The SMILES string of the molecule is CC(C)c1ccc(-c2ccc(C=Cc3ccc(-c4ccc(C=Cc5ccc(-c6ccc(C(C)C)cc6)cc5)cc4)cc3)cc2)cc1. The second-order valence-electron chi connectivity index (χ2n) is 12.7. The molecule has 0 atom stereocenters. The molecule has 0 saturated heterocycles. The van der Waals surface area contributed by atoms with Gasteiger partial charge in [-0.2, -0.15) is 0 Å². The van der Waals surface area contributed by atoms with Gasteiger partial charge in [0.25, 0.3) is 0 Å². The van der Waals surface area contributed by atoms with Gasteiger partial charge in [-0.15, -0.1) is 0 Å². The van der Waals surface area contributed by atoms with Gasteiger partial charge in [0.1, 0.15) is 0 Å². The van der Waals surface area contributed by atoms with Crippen molar-refractivity contribution in [3.05, 3.63) is 179 Å². The van der Waals surface area contributed by atoms with E-state index in [-0.39, 0.29) is 0 Å². The molecule has 0 N–H and O–H groups in total. The Labute approximate surface area is 275 Å². The topological polar surface area (TPSA) is 0 Å². The van der Waals surface area contributed by atoms with E-state index in [9.17, 15) is 0 Å². The maximum absolute atomic E-state index is 2.23. The molecule has 0 bridgehead atoms. The summed E-state index contributed by atoms with van der Waals surface area (Å²) in [4.78, 5) is 0. The molecule has 0 spiro atoms. The Morgan fingerprint density at radius 1 is 0.261 bits per heavy atom. The van der Waals surface area contributed by atoms with Crippen molar-refractivity contribution in [2.75, 3.05) is 0 Å². The highest BCUT2D eigenvalue weighted by Crippen LogP contribution is 2.26. The normalized spacial score (nSPS) is 11.7. The molecule has 226 valence electrons. The van der Waals surface area contributed by atoms with E-state index in [4.69, 9.17) is 0 Å². The smallest absolute Gasteiger partial charge is 0.0184 e. The lowest BCUT2D eigenvalue weighted by atomic mass is 9.98. The van der Waals surface area contributed by atoms with Gasteiger partial charge in [0.05, 0.1) is 0 Å². The van der Waals surface area contributed by atoms with Crippen LogP contribution in [0, 0.1) is 0 Å². The molecule has 0 unspecified atom stereocenters. The van der Waals surface area contributed by atoms with E-state index in [1.165, 1.54) is 66.8 Å². The molecule has 0 heteroatoms. The first-order chi connectivity index (χ1) is 22.4. The summed E-state index contributed by atoms with van der Waals surface area (Å²) in [6, 6.07) is 52.9. The molecule has 0 aliphatic heterocycles. The Kier molecular flexibility index (Phi) is 9.56. The molecule has 0 heterocycles. The van der Waals surface area contributed by atoms with Crippen molar-refractivity contribution < 1.29 is 0 Å². The van der Waals surface area contributed by atoms with Crippen LogP contribution in [0.25, 0.3) is 57.7 Å². The molecule has 6 aromatic rings. The fourth-order valence-electron chi connectivity index (χ4n) is 5.65. The van der Waals surface area contributed by atoms with E-state index in [0.717, 1.165) is 0 Å². The Hall–Kier alpha value is -5.20. The largest absolute Gasteiger partial charge is 0.0587 e. The van der Waals surface area contributed by atoms with Crippen LogP contribution < -0.4 is 0 Å². The van der Waals surface area contributed by atoms with Crippen molar-refractivity contribution in [2.24, 2.45) is 0 Å². The Morgan fingerprint density at radius 2 is 0.435 bits per heavy atom. The summed E-state index contributed by atoms with van der Waals surface area (Å²) in [7, 11) is 0. The van der Waals surface area contributed by atoms with Crippen molar-refractivity contribution in [1.82, 2.24) is 0 Å². The second-order valence-corrected chi connectivity index (χ2v) is 12.7. The molecule has 0 aliphatic carbocycles. The number of hydrogen-bond donors (Lipinski definition) is 0. The second kappa shape index (κ2) is 14.3. The average molecular weight is 595 g/mol. The van der Waals surface area contributed by atoms with E-state index >= 15 is 0 Å². The predicted octanol–water partition coefficient (Wildman–Crippen LogP) is 13.3. The van der Waals surface area contributed by atoms with Crippen LogP contribution in [0.4, 0.5) is 0 Å².